The first-order valence-electron chi connectivity index (χ1n) is 5.76. The second-order valence-electron chi connectivity index (χ2n) is 4.07. The van der Waals surface area contributed by atoms with Gasteiger partial charge in [0.2, 0.25) is 5.82 Å². The molecule has 0 aliphatic heterocycles. The van der Waals surface area contributed by atoms with E-state index in [0.29, 0.717) is 5.56 Å². The Morgan fingerprint density at radius 1 is 1.29 bits per heavy atom. The molecule has 0 unspecified atom stereocenters. The number of rotatable bonds is 3. The van der Waals surface area contributed by atoms with E-state index in [1.807, 2.05) is 6.07 Å². The molecule has 0 heterocycles. The van der Waals surface area contributed by atoms with Crippen LogP contribution >= 0.6 is 0 Å². The van der Waals surface area contributed by atoms with Gasteiger partial charge in [0, 0.05) is 17.3 Å². The van der Waals surface area contributed by atoms with Gasteiger partial charge >= 0.3 is 5.69 Å². The Bertz CT molecular complexity index is 768. The van der Waals surface area contributed by atoms with Crippen molar-refractivity contribution in [2.45, 2.75) is 0 Å². The Hall–Kier alpha value is -3.27. The predicted molar refractivity (Wildman–Crippen MR) is 72.2 cm³/mol. The maximum Gasteiger partial charge on any atom is 0.306 e. The van der Waals surface area contributed by atoms with Gasteiger partial charge in [-0.3, -0.25) is 14.9 Å². The van der Waals surface area contributed by atoms with E-state index < -0.39 is 22.3 Å². The number of nitro benzene ring substituents is 1. The summed E-state index contributed by atoms with van der Waals surface area (Å²) in [7, 11) is 0. The zero-order valence-corrected chi connectivity index (χ0v) is 10.5. The Balaban J connectivity index is 2.25. The van der Waals surface area contributed by atoms with E-state index >= 15 is 0 Å². The Morgan fingerprint density at radius 3 is 2.71 bits per heavy atom. The molecule has 104 valence electrons. The Kier molecular flexibility index (Phi) is 3.90. The molecule has 0 saturated heterocycles. The van der Waals surface area contributed by atoms with E-state index in [1.54, 1.807) is 12.1 Å². The minimum Gasteiger partial charge on any atom is -0.322 e. The zero-order chi connectivity index (χ0) is 15.4. The van der Waals surface area contributed by atoms with Crippen molar-refractivity contribution < 1.29 is 14.1 Å². The lowest BCUT2D eigenvalue weighted by molar-refractivity contribution is -0.387. The van der Waals surface area contributed by atoms with Crippen molar-refractivity contribution in [1.29, 1.82) is 5.26 Å². The molecule has 2 aromatic carbocycles. The number of amides is 1. The van der Waals surface area contributed by atoms with E-state index in [2.05, 4.69) is 5.32 Å². The van der Waals surface area contributed by atoms with E-state index in [4.69, 9.17) is 5.26 Å². The minimum absolute atomic E-state index is 0.0930. The van der Waals surface area contributed by atoms with E-state index in [1.165, 1.54) is 18.2 Å². The van der Waals surface area contributed by atoms with Gasteiger partial charge in [-0.25, -0.2) is 0 Å². The van der Waals surface area contributed by atoms with Crippen LogP contribution < -0.4 is 5.32 Å². The van der Waals surface area contributed by atoms with Crippen molar-refractivity contribution in [2.75, 3.05) is 5.32 Å². The highest BCUT2D eigenvalue weighted by Crippen LogP contribution is 2.22. The molecule has 1 N–H and O–H groups in total. The van der Waals surface area contributed by atoms with Crippen LogP contribution in [0.5, 0.6) is 0 Å². The van der Waals surface area contributed by atoms with Crippen molar-refractivity contribution in [1.82, 2.24) is 0 Å². The molecule has 0 radical (unpaired) electrons. The van der Waals surface area contributed by atoms with Crippen molar-refractivity contribution in [3.63, 3.8) is 0 Å². The summed E-state index contributed by atoms with van der Waals surface area (Å²) >= 11 is 0. The number of carbonyl (C=O) groups is 1. The van der Waals surface area contributed by atoms with Crippen molar-refractivity contribution >= 4 is 17.3 Å². The van der Waals surface area contributed by atoms with Gasteiger partial charge in [-0.1, -0.05) is 6.07 Å². The van der Waals surface area contributed by atoms with Crippen LogP contribution in [0.15, 0.2) is 42.5 Å². The monoisotopic (exact) mass is 285 g/mol. The van der Waals surface area contributed by atoms with Gasteiger partial charge in [0.05, 0.1) is 16.6 Å². The lowest BCUT2D eigenvalue weighted by Gasteiger charge is -2.05. The molecule has 0 aromatic heterocycles. The van der Waals surface area contributed by atoms with Crippen LogP contribution in [0, 0.1) is 27.3 Å². The molecule has 2 aromatic rings. The molecule has 7 heteroatoms. The summed E-state index contributed by atoms with van der Waals surface area (Å²) < 4.78 is 13.2. The largest absolute Gasteiger partial charge is 0.322 e. The maximum atomic E-state index is 13.2. The number of nitriles is 1. The summed E-state index contributed by atoms with van der Waals surface area (Å²) in [4.78, 5) is 21.7. The first-order chi connectivity index (χ1) is 10.0. The molecular formula is C14H8FN3O3. The average molecular weight is 285 g/mol. The Labute approximate surface area is 118 Å². The molecule has 0 aliphatic rings. The zero-order valence-electron chi connectivity index (χ0n) is 10.5. The summed E-state index contributed by atoms with van der Waals surface area (Å²) in [5, 5.41) is 21.8. The van der Waals surface area contributed by atoms with Crippen LogP contribution in [0.1, 0.15) is 15.9 Å². The average Bonchev–Trinajstić information content (AvgIpc) is 2.49. The summed E-state index contributed by atoms with van der Waals surface area (Å²) in [5.41, 5.74) is -0.0946. The van der Waals surface area contributed by atoms with Gasteiger partial charge in [-0.05, 0) is 30.3 Å². The van der Waals surface area contributed by atoms with Gasteiger partial charge < -0.3 is 5.32 Å². The molecule has 0 fully saturated rings. The molecule has 2 rings (SSSR count). The molecular weight excluding hydrogens is 277 g/mol. The van der Waals surface area contributed by atoms with Crippen molar-refractivity contribution in [2.24, 2.45) is 0 Å². The van der Waals surface area contributed by atoms with E-state index in [-0.39, 0.29) is 11.3 Å². The topological polar surface area (TPSA) is 96.0 Å². The third-order valence-corrected chi connectivity index (χ3v) is 2.65. The molecule has 0 spiro atoms. The highest BCUT2D eigenvalue weighted by Gasteiger charge is 2.15. The highest BCUT2D eigenvalue weighted by atomic mass is 19.1. The highest BCUT2D eigenvalue weighted by molar-refractivity contribution is 6.04. The number of carbonyl (C=O) groups excluding carboxylic acids is 1. The molecule has 0 saturated carbocycles. The molecule has 0 bridgehead atoms. The van der Waals surface area contributed by atoms with Crippen LogP contribution in [0.2, 0.25) is 0 Å². The lowest BCUT2D eigenvalue weighted by Crippen LogP contribution is -2.12. The first-order valence-corrected chi connectivity index (χ1v) is 5.76. The third-order valence-electron chi connectivity index (χ3n) is 2.65. The summed E-state index contributed by atoms with van der Waals surface area (Å²) in [5.74, 6) is -1.53. The van der Waals surface area contributed by atoms with Gasteiger partial charge in [0.15, 0.2) is 0 Å². The quantitative estimate of drug-likeness (QED) is 0.692. The van der Waals surface area contributed by atoms with Gasteiger partial charge in [0.1, 0.15) is 0 Å². The lowest BCUT2D eigenvalue weighted by atomic mass is 10.1. The standard InChI is InChI=1S/C14H8FN3O3/c15-12-5-4-11(7-13(12)18(20)21)17-14(19)10-3-1-2-9(6-10)8-16/h1-7H,(H,17,19). The molecule has 21 heavy (non-hydrogen) atoms. The second-order valence-corrected chi connectivity index (χ2v) is 4.07. The number of nitro groups is 1. The molecule has 0 aliphatic carbocycles. The van der Waals surface area contributed by atoms with Crippen molar-refractivity contribution in [3.05, 3.63) is 69.5 Å². The smallest absolute Gasteiger partial charge is 0.306 e. The fraction of sp³-hybridized carbons (Fsp3) is 0. The van der Waals surface area contributed by atoms with E-state index in [0.717, 1.165) is 12.1 Å². The number of nitrogens with zero attached hydrogens (tertiary/aromatic N) is 2. The number of hydrogen-bond acceptors (Lipinski definition) is 4. The third kappa shape index (κ3) is 3.19. The maximum absolute atomic E-state index is 13.2. The van der Waals surface area contributed by atoms with E-state index in [9.17, 15) is 19.3 Å². The molecule has 1 amide bonds. The number of anilines is 1. The number of nitrogens with one attached hydrogen (secondary N) is 1. The summed E-state index contributed by atoms with van der Waals surface area (Å²) in [6.07, 6.45) is 0. The SMILES string of the molecule is N#Cc1cccc(C(=O)Nc2ccc(F)c([N+](=O)[O-])c2)c1. The van der Waals surface area contributed by atoms with Crippen LogP contribution in [0.4, 0.5) is 15.8 Å². The van der Waals surface area contributed by atoms with Crippen LogP contribution in [-0.2, 0) is 0 Å². The number of benzene rings is 2. The predicted octanol–water partition coefficient (Wildman–Crippen LogP) is 2.86. The molecule has 0 atom stereocenters. The minimum atomic E-state index is -0.982. The van der Waals surface area contributed by atoms with Crippen LogP contribution in [0.25, 0.3) is 0 Å². The molecule has 6 nitrogen and oxygen atoms in total. The fourth-order valence-corrected chi connectivity index (χ4v) is 1.66. The van der Waals surface area contributed by atoms with Crippen LogP contribution in [-0.4, -0.2) is 10.8 Å². The summed E-state index contributed by atoms with van der Waals surface area (Å²) in [6, 6.07) is 10.9. The number of hydrogen-bond donors (Lipinski definition) is 1. The van der Waals surface area contributed by atoms with Crippen molar-refractivity contribution in [3.8, 4) is 6.07 Å². The normalized spacial score (nSPS) is 9.71. The van der Waals surface area contributed by atoms with Gasteiger partial charge in [-0.15, -0.1) is 0 Å². The van der Waals surface area contributed by atoms with Crippen LogP contribution in [0.3, 0.4) is 0 Å². The Morgan fingerprint density at radius 2 is 2.05 bits per heavy atom. The second kappa shape index (κ2) is 5.79. The first kappa shape index (κ1) is 14.1. The fourth-order valence-electron chi connectivity index (χ4n) is 1.66. The van der Waals surface area contributed by atoms with Gasteiger partial charge in [0.25, 0.3) is 5.91 Å². The summed E-state index contributed by atoms with van der Waals surface area (Å²) in [6.45, 7) is 0. The number of halogens is 1. The van der Waals surface area contributed by atoms with Gasteiger partial charge in [-0.2, -0.15) is 9.65 Å².